The number of hydrogen-bond donors (Lipinski definition) is 1. The van der Waals surface area contributed by atoms with E-state index in [1.54, 1.807) is 13.0 Å². The Morgan fingerprint density at radius 1 is 1.13 bits per heavy atom. The van der Waals surface area contributed by atoms with Crippen molar-refractivity contribution in [1.82, 2.24) is 4.98 Å². The monoisotopic (exact) mass is 378 g/mol. The molecule has 0 aliphatic heterocycles. The minimum atomic E-state index is -0.611. The van der Waals surface area contributed by atoms with Crippen LogP contribution >= 0.6 is 15.9 Å². The van der Waals surface area contributed by atoms with Gasteiger partial charge in [0.05, 0.1) is 12.3 Å². The van der Waals surface area contributed by atoms with Gasteiger partial charge in [-0.15, -0.1) is 0 Å². The van der Waals surface area contributed by atoms with Gasteiger partial charge in [0.15, 0.2) is 0 Å². The summed E-state index contributed by atoms with van der Waals surface area (Å²) < 4.78 is 10.3. The third kappa shape index (κ3) is 5.07. The zero-order valence-corrected chi connectivity index (χ0v) is 14.0. The fraction of sp³-hybridized carbons (Fsp3) is 0.188. The van der Waals surface area contributed by atoms with Crippen molar-refractivity contribution < 1.29 is 19.1 Å². The summed E-state index contributed by atoms with van der Waals surface area (Å²) >= 11 is 3.20. The van der Waals surface area contributed by atoms with E-state index < -0.39 is 12.1 Å². The van der Waals surface area contributed by atoms with Gasteiger partial charge in [-0.1, -0.05) is 30.3 Å². The average molecular weight is 379 g/mol. The molecule has 6 nitrogen and oxygen atoms in total. The Hall–Kier alpha value is -2.41. The van der Waals surface area contributed by atoms with Crippen LogP contribution in [-0.4, -0.2) is 23.7 Å². The van der Waals surface area contributed by atoms with Crippen LogP contribution in [0, 0.1) is 0 Å². The zero-order valence-electron chi connectivity index (χ0n) is 12.4. The number of pyridine rings is 1. The van der Waals surface area contributed by atoms with E-state index in [1.165, 1.54) is 6.07 Å². The number of ether oxygens (including phenoxy) is 2. The van der Waals surface area contributed by atoms with Crippen molar-refractivity contribution >= 4 is 33.7 Å². The third-order valence-corrected chi connectivity index (χ3v) is 3.39. The minimum absolute atomic E-state index is 0.155. The standard InChI is InChI=1S/C16H15BrN2O4/c1-2-22-15(20)13-9-8-12(14(17)18-13)19-16(21)23-10-11-6-4-3-5-7-11/h3-9H,2,10H2,1H3,(H,19,21). The molecule has 120 valence electrons. The molecule has 0 spiro atoms. The van der Waals surface area contributed by atoms with Gasteiger partial charge >= 0.3 is 12.1 Å². The van der Waals surface area contributed by atoms with Crippen molar-refractivity contribution in [3.05, 3.63) is 58.3 Å². The molecule has 0 saturated carbocycles. The van der Waals surface area contributed by atoms with Gasteiger partial charge in [-0.25, -0.2) is 14.6 Å². The van der Waals surface area contributed by atoms with Crippen molar-refractivity contribution in [2.45, 2.75) is 13.5 Å². The number of nitrogens with zero attached hydrogens (tertiary/aromatic N) is 1. The number of halogens is 1. The smallest absolute Gasteiger partial charge is 0.412 e. The predicted octanol–water partition coefficient (Wildman–Crippen LogP) is 3.77. The van der Waals surface area contributed by atoms with Gasteiger partial charge in [0.2, 0.25) is 0 Å². The van der Waals surface area contributed by atoms with E-state index in [0.717, 1.165) is 5.56 Å². The van der Waals surface area contributed by atoms with Crippen LogP contribution in [0.4, 0.5) is 10.5 Å². The highest BCUT2D eigenvalue weighted by atomic mass is 79.9. The third-order valence-electron chi connectivity index (χ3n) is 2.78. The van der Waals surface area contributed by atoms with Crippen LogP contribution in [0.25, 0.3) is 0 Å². The molecule has 1 aromatic carbocycles. The molecular weight excluding hydrogens is 364 g/mol. The fourth-order valence-electron chi connectivity index (χ4n) is 1.72. The number of nitrogens with one attached hydrogen (secondary N) is 1. The number of benzene rings is 1. The number of rotatable bonds is 5. The maximum atomic E-state index is 11.8. The van der Waals surface area contributed by atoms with E-state index in [9.17, 15) is 9.59 Å². The first-order valence-electron chi connectivity index (χ1n) is 6.91. The van der Waals surface area contributed by atoms with E-state index in [0.29, 0.717) is 10.3 Å². The number of amides is 1. The number of carbonyl (C=O) groups excluding carboxylic acids is 2. The average Bonchev–Trinajstić information content (AvgIpc) is 2.56. The molecule has 2 rings (SSSR count). The molecule has 0 unspecified atom stereocenters. The second-order valence-corrected chi connectivity index (χ2v) is 5.19. The summed E-state index contributed by atoms with van der Waals surface area (Å²) in [5, 5.41) is 2.56. The molecule has 0 radical (unpaired) electrons. The molecule has 0 bridgehead atoms. The summed E-state index contributed by atoms with van der Waals surface area (Å²) in [5.41, 5.74) is 1.44. The van der Waals surface area contributed by atoms with Crippen LogP contribution in [0.15, 0.2) is 47.1 Å². The molecule has 23 heavy (non-hydrogen) atoms. The zero-order chi connectivity index (χ0) is 16.7. The highest BCUT2D eigenvalue weighted by molar-refractivity contribution is 9.10. The Bertz CT molecular complexity index is 692. The molecule has 0 saturated heterocycles. The number of esters is 1. The summed E-state index contributed by atoms with van der Waals surface area (Å²) in [6, 6.07) is 12.4. The molecule has 2 aromatic rings. The van der Waals surface area contributed by atoms with Gasteiger partial charge in [-0.3, -0.25) is 5.32 Å². The summed E-state index contributed by atoms with van der Waals surface area (Å²) in [6.45, 7) is 2.15. The molecule has 1 N–H and O–H groups in total. The molecule has 0 aliphatic rings. The molecule has 0 aliphatic carbocycles. The van der Waals surface area contributed by atoms with Gasteiger partial charge in [-0.05, 0) is 40.5 Å². The first-order chi connectivity index (χ1) is 11.1. The highest BCUT2D eigenvalue weighted by Crippen LogP contribution is 2.21. The van der Waals surface area contributed by atoms with Gasteiger partial charge < -0.3 is 9.47 Å². The molecule has 1 amide bonds. The van der Waals surface area contributed by atoms with Gasteiger partial charge in [0, 0.05) is 0 Å². The van der Waals surface area contributed by atoms with Crippen molar-refractivity contribution in [3.8, 4) is 0 Å². The lowest BCUT2D eigenvalue weighted by Crippen LogP contribution is -2.15. The number of hydrogen-bond acceptors (Lipinski definition) is 5. The van der Waals surface area contributed by atoms with Crippen molar-refractivity contribution in [2.75, 3.05) is 11.9 Å². The van der Waals surface area contributed by atoms with E-state index >= 15 is 0 Å². The van der Waals surface area contributed by atoms with Crippen LogP contribution in [-0.2, 0) is 16.1 Å². The van der Waals surface area contributed by atoms with Crippen LogP contribution in [0.1, 0.15) is 23.0 Å². The lowest BCUT2D eigenvalue weighted by Gasteiger charge is -2.09. The summed E-state index contributed by atoms with van der Waals surface area (Å²) in [4.78, 5) is 27.4. The molecular formula is C16H15BrN2O4. The number of carbonyl (C=O) groups is 2. The summed E-state index contributed by atoms with van der Waals surface area (Å²) in [6.07, 6.45) is -0.611. The first-order valence-corrected chi connectivity index (χ1v) is 7.71. The van der Waals surface area contributed by atoms with E-state index in [2.05, 4.69) is 26.2 Å². The van der Waals surface area contributed by atoms with Gasteiger partial charge in [0.25, 0.3) is 0 Å². The molecule has 0 atom stereocenters. The van der Waals surface area contributed by atoms with E-state index in [1.807, 2.05) is 30.3 Å². The Balaban J connectivity index is 1.94. The number of anilines is 1. The Labute approximate surface area is 142 Å². The van der Waals surface area contributed by atoms with Crippen LogP contribution < -0.4 is 5.32 Å². The van der Waals surface area contributed by atoms with E-state index in [4.69, 9.17) is 9.47 Å². The summed E-state index contributed by atoms with van der Waals surface area (Å²) in [5.74, 6) is -0.522. The first kappa shape index (κ1) is 17.0. The Morgan fingerprint density at radius 2 is 1.87 bits per heavy atom. The normalized spacial score (nSPS) is 10.0. The maximum Gasteiger partial charge on any atom is 0.412 e. The van der Waals surface area contributed by atoms with Crippen molar-refractivity contribution in [3.63, 3.8) is 0 Å². The molecule has 1 heterocycles. The van der Waals surface area contributed by atoms with Crippen molar-refractivity contribution in [1.29, 1.82) is 0 Å². The fourth-order valence-corrected chi connectivity index (χ4v) is 2.14. The molecule has 1 aromatic heterocycles. The largest absolute Gasteiger partial charge is 0.461 e. The van der Waals surface area contributed by atoms with E-state index in [-0.39, 0.29) is 18.9 Å². The maximum absolute atomic E-state index is 11.8. The lowest BCUT2D eigenvalue weighted by atomic mass is 10.2. The van der Waals surface area contributed by atoms with Crippen LogP contribution in [0.5, 0.6) is 0 Å². The topological polar surface area (TPSA) is 77.5 Å². The lowest BCUT2D eigenvalue weighted by molar-refractivity contribution is 0.0519. The summed E-state index contributed by atoms with van der Waals surface area (Å²) in [7, 11) is 0. The second kappa shape index (κ2) is 8.28. The molecule has 0 fully saturated rings. The van der Waals surface area contributed by atoms with Crippen LogP contribution in [0.3, 0.4) is 0 Å². The second-order valence-electron chi connectivity index (χ2n) is 4.44. The van der Waals surface area contributed by atoms with Crippen molar-refractivity contribution in [2.24, 2.45) is 0 Å². The minimum Gasteiger partial charge on any atom is -0.461 e. The van der Waals surface area contributed by atoms with Crippen LogP contribution in [0.2, 0.25) is 0 Å². The highest BCUT2D eigenvalue weighted by Gasteiger charge is 2.13. The Morgan fingerprint density at radius 3 is 2.52 bits per heavy atom. The SMILES string of the molecule is CCOC(=O)c1ccc(NC(=O)OCc2ccccc2)c(Br)n1. The Kier molecular flexibility index (Phi) is 6.10. The number of aromatic nitrogens is 1. The van der Waals surface area contributed by atoms with Gasteiger partial charge in [0.1, 0.15) is 16.9 Å². The molecule has 7 heteroatoms. The quantitative estimate of drug-likeness (QED) is 0.632. The predicted molar refractivity (Wildman–Crippen MR) is 88.1 cm³/mol. The van der Waals surface area contributed by atoms with Gasteiger partial charge in [-0.2, -0.15) is 0 Å².